The van der Waals surface area contributed by atoms with Gasteiger partial charge in [-0.3, -0.25) is 0 Å². The number of amides is 2. The molecule has 1 saturated carbocycles. The van der Waals surface area contributed by atoms with E-state index < -0.39 is 0 Å². The number of nitrogens with one attached hydrogen (secondary N) is 4. The summed E-state index contributed by atoms with van der Waals surface area (Å²) in [4.78, 5) is 15.8. The first-order chi connectivity index (χ1) is 15.7. The first-order valence-electron chi connectivity index (χ1n) is 10.9. The Labute approximate surface area is 186 Å². The van der Waals surface area contributed by atoms with Crippen molar-refractivity contribution in [1.29, 1.82) is 0 Å². The number of hydrogen-bond donors (Lipinski definition) is 5. The zero-order valence-corrected chi connectivity index (χ0v) is 17.7. The predicted octanol–water partition coefficient (Wildman–Crippen LogP) is 5.94. The third-order valence-electron chi connectivity index (χ3n) is 5.99. The van der Waals surface area contributed by atoms with Gasteiger partial charge in [0, 0.05) is 34.5 Å². The van der Waals surface area contributed by atoms with Crippen LogP contribution in [0.25, 0.3) is 22.0 Å². The van der Waals surface area contributed by atoms with Gasteiger partial charge in [0.2, 0.25) is 0 Å². The van der Waals surface area contributed by atoms with E-state index in [9.17, 15) is 9.90 Å². The fourth-order valence-electron chi connectivity index (χ4n) is 3.98. The molecule has 0 bridgehead atoms. The SMILES string of the molecule is O=C(Nc1ccc(NC2CCC2)cc1)Nc1c[nH]c2ccc(-c3cccc(CO)c3)cc12. The van der Waals surface area contributed by atoms with E-state index in [2.05, 4.69) is 20.9 Å². The van der Waals surface area contributed by atoms with Gasteiger partial charge in [0.05, 0.1) is 12.3 Å². The van der Waals surface area contributed by atoms with E-state index in [0.717, 1.165) is 39.0 Å². The molecule has 1 aromatic heterocycles. The summed E-state index contributed by atoms with van der Waals surface area (Å²) in [6.45, 7) is 0.00480. The van der Waals surface area contributed by atoms with Crippen LogP contribution in [0.15, 0.2) is 72.9 Å². The molecule has 0 saturated heterocycles. The van der Waals surface area contributed by atoms with Crippen molar-refractivity contribution < 1.29 is 9.90 Å². The summed E-state index contributed by atoms with van der Waals surface area (Å²) in [5.41, 5.74) is 6.37. The summed E-state index contributed by atoms with van der Waals surface area (Å²) >= 11 is 0. The van der Waals surface area contributed by atoms with Gasteiger partial charge in [-0.1, -0.05) is 24.3 Å². The van der Waals surface area contributed by atoms with Crippen molar-refractivity contribution in [2.75, 3.05) is 16.0 Å². The van der Waals surface area contributed by atoms with Crippen LogP contribution in [0.1, 0.15) is 24.8 Å². The third-order valence-corrected chi connectivity index (χ3v) is 5.99. The zero-order chi connectivity index (χ0) is 21.9. The number of carbonyl (C=O) groups is 1. The molecule has 1 fully saturated rings. The second-order valence-electron chi connectivity index (χ2n) is 8.25. The molecule has 0 radical (unpaired) electrons. The van der Waals surface area contributed by atoms with Crippen molar-refractivity contribution in [3.05, 3.63) is 78.5 Å². The van der Waals surface area contributed by atoms with E-state index in [0.29, 0.717) is 11.7 Å². The Balaban J connectivity index is 1.29. The van der Waals surface area contributed by atoms with Gasteiger partial charge in [-0.05, 0) is 78.4 Å². The minimum Gasteiger partial charge on any atom is -0.392 e. The average Bonchev–Trinajstić information content (AvgIpc) is 3.19. The van der Waals surface area contributed by atoms with Crippen LogP contribution in [0, 0.1) is 0 Å². The van der Waals surface area contributed by atoms with Crippen molar-refractivity contribution in [3.8, 4) is 11.1 Å². The molecule has 1 heterocycles. The van der Waals surface area contributed by atoms with Crippen LogP contribution in [0.5, 0.6) is 0 Å². The first kappa shape index (κ1) is 20.2. The van der Waals surface area contributed by atoms with E-state index in [1.165, 1.54) is 19.3 Å². The van der Waals surface area contributed by atoms with Crippen molar-refractivity contribution in [1.82, 2.24) is 4.98 Å². The number of urea groups is 1. The monoisotopic (exact) mass is 426 g/mol. The minimum absolute atomic E-state index is 0.00480. The molecule has 3 aromatic carbocycles. The topological polar surface area (TPSA) is 89.2 Å². The quantitative estimate of drug-likeness (QED) is 0.264. The van der Waals surface area contributed by atoms with Gasteiger partial charge < -0.3 is 26.0 Å². The van der Waals surface area contributed by atoms with Crippen LogP contribution >= 0.6 is 0 Å². The highest BCUT2D eigenvalue weighted by molar-refractivity contribution is 6.06. The maximum atomic E-state index is 12.6. The fourth-order valence-corrected chi connectivity index (χ4v) is 3.98. The number of benzene rings is 3. The van der Waals surface area contributed by atoms with Gasteiger partial charge in [-0.2, -0.15) is 0 Å². The number of aliphatic hydroxyl groups excluding tert-OH is 1. The summed E-state index contributed by atoms with van der Waals surface area (Å²) in [7, 11) is 0. The summed E-state index contributed by atoms with van der Waals surface area (Å²) in [5, 5.41) is 19.7. The molecule has 4 aromatic rings. The molecule has 6 heteroatoms. The summed E-state index contributed by atoms with van der Waals surface area (Å²) in [6.07, 6.45) is 5.54. The normalized spacial score (nSPS) is 13.5. The van der Waals surface area contributed by atoms with E-state index in [1.54, 1.807) is 6.20 Å². The minimum atomic E-state index is -0.293. The molecule has 0 aliphatic heterocycles. The molecule has 1 aliphatic rings. The highest BCUT2D eigenvalue weighted by atomic mass is 16.3. The number of H-pyrrole nitrogens is 1. The Morgan fingerprint density at radius 2 is 1.72 bits per heavy atom. The van der Waals surface area contributed by atoms with E-state index in [-0.39, 0.29) is 12.6 Å². The summed E-state index contributed by atoms with van der Waals surface area (Å²) in [5.74, 6) is 0. The molecule has 1 aliphatic carbocycles. The van der Waals surface area contributed by atoms with Gasteiger partial charge in [-0.25, -0.2) is 4.79 Å². The molecule has 0 spiro atoms. The molecule has 32 heavy (non-hydrogen) atoms. The number of fused-ring (bicyclic) bond motifs is 1. The van der Waals surface area contributed by atoms with Gasteiger partial charge in [-0.15, -0.1) is 0 Å². The molecule has 5 N–H and O–H groups in total. The maximum absolute atomic E-state index is 12.6. The Morgan fingerprint density at radius 3 is 2.47 bits per heavy atom. The Bertz CT molecular complexity index is 1240. The Kier molecular flexibility index (Phi) is 5.52. The fraction of sp³-hybridized carbons (Fsp3) is 0.192. The lowest BCUT2D eigenvalue weighted by atomic mass is 9.93. The second-order valence-corrected chi connectivity index (χ2v) is 8.25. The molecule has 6 nitrogen and oxygen atoms in total. The number of hydrogen-bond acceptors (Lipinski definition) is 3. The molecule has 2 amide bonds. The van der Waals surface area contributed by atoms with Crippen LogP contribution in [-0.4, -0.2) is 22.2 Å². The second kappa shape index (κ2) is 8.77. The lowest BCUT2D eigenvalue weighted by molar-refractivity contribution is 0.262. The number of aromatic nitrogens is 1. The van der Waals surface area contributed by atoms with Gasteiger partial charge in [0.25, 0.3) is 0 Å². The standard InChI is InChI=1S/C26H26N4O2/c31-16-17-3-1-4-18(13-17)19-7-12-24-23(14-19)25(15-27-24)30-26(32)29-22-10-8-21(9-11-22)28-20-5-2-6-20/h1,3-4,7-15,20,27-28,31H,2,5-6,16H2,(H2,29,30,32). The smallest absolute Gasteiger partial charge is 0.323 e. The Morgan fingerprint density at radius 1 is 0.938 bits per heavy atom. The molecule has 0 atom stereocenters. The van der Waals surface area contributed by atoms with Gasteiger partial charge >= 0.3 is 6.03 Å². The molecular weight excluding hydrogens is 400 g/mol. The van der Waals surface area contributed by atoms with E-state index in [1.807, 2.05) is 66.7 Å². The van der Waals surface area contributed by atoms with Crippen LogP contribution in [0.4, 0.5) is 21.9 Å². The highest BCUT2D eigenvalue weighted by Crippen LogP contribution is 2.30. The van der Waals surface area contributed by atoms with Crippen LogP contribution in [-0.2, 0) is 6.61 Å². The number of carbonyl (C=O) groups excluding carboxylic acids is 1. The summed E-state index contributed by atoms with van der Waals surface area (Å²) < 4.78 is 0. The number of anilines is 3. The molecule has 162 valence electrons. The molecule has 5 rings (SSSR count). The zero-order valence-electron chi connectivity index (χ0n) is 17.7. The number of aromatic amines is 1. The summed E-state index contributed by atoms with van der Waals surface area (Å²) in [6, 6.07) is 21.9. The predicted molar refractivity (Wildman–Crippen MR) is 130 cm³/mol. The van der Waals surface area contributed by atoms with Crippen molar-refractivity contribution in [2.45, 2.75) is 31.9 Å². The largest absolute Gasteiger partial charge is 0.392 e. The third kappa shape index (κ3) is 4.31. The van der Waals surface area contributed by atoms with Crippen molar-refractivity contribution in [2.24, 2.45) is 0 Å². The van der Waals surface area contributed by atoms with Crippen molar-refractivity contribution >= 4 is 34.0 Å². The molecular formula is C26H26N4O2. The lowest BCUT2D eigenvalue weighted by Gasteiger charge is -2.27. The number of rotatable bonds is 6. The van der Waals surface area contributed by atoms with E-state index in [4.69, 9.17) is 0 Å². The van der Waals surface area contributed by atoms with Crippen molar-refractivity contribution in [3.63, 3.8) is 0 Å². The van der Waals surface area contributed by atoms with Gasteiger partial charge in [0.1, 0.15) is 0 Å². The van der Waals surface area contributed by atoms with Crippen LogP contribution in [0.3, 0.4) is 0 Å². The van der Waals surface area contributed by atoms with Gasteiger partial charge in [0.15, 0.2) is 0 Å². The maximum Gasteiger partial charge on any atom is 0.323 e. The van der Waals surface area contributed by atoms with E-state index >= 15 is 0 Å². The molecule has 0 unspecified atom stereocenters. The number of aliphatic hydroxyl groups is 1. The van der Waals surface area contributed by atoms with Crippen LogP contribution in [0.2, 0.25) is 0 Å². The average molecular weight is 427 g/mol. The Hall–Kier alpha value is -3.77. The van der Waals surface area contributed by atoms with Crippen LogP contribution < -0.4 is 16.0 Å². The lowest BCUT2D eigenvalue weighted by Crippen LogP contribution is -2.26. The highest BCUT2D eigenvalue weighted by Gasteiger charge is 2.16. The first-order valence-corrected chi connectivity index (χ1v) is 10.9.